The van der Waals surface area contributed by atoms with Crippen LogP contribution in [0.15, 0.2) is 45.9 Å². The van der Waals surface area contributed by atoms with Gasteiger partial charge in [-0.05, 0) is 0 Å². The van der Waals surface area contributed by atoms with Gasteiger partial charge in [-0.25, -0.2) is 4.98 Å². The Morgan fingerprint density at radius 3 is 2.78 bits per heavy atom. The second-order valence-electron chi connectivity index (χ2n) is 6.08. The third-order valence-corrected chi connectivity index (χ3v) is 7.45. The fourth-order valence-electron chi connectivity index (χ4n) is 2.58. The molecule has 0 fully saturated rings. The molecule has 0 bridgehead atoms. The Labute approximate surface area is 172 Å². The van der Waals surface area contributed by atoms with Crippen LogP contribution in [0.3, 0.4) is 0 Å². The summed E-state index contributed by atoms with van der Waals surface area (Å²) in [6, 6.07) is 11.9. The maximum absolute atomic E-state index is 12.0. The first-order valence-corrected chi connectivity index (χ1v) is 12.0. The number of carbonyl (C=O) groups is 1. The Balaban J connectivity index is 1.38. The van der Waals surface area contributed by atoms with Crippen LogP contribution < -0.4 is 16.4 Å². The number of anilines is 2. The zero-order valence-electron chi connectivity index (χ0n) is 14.7. The molecule has 1 atom stereocenters. The van der Waals surface area contributed by atoms with Crippen molar-refractivity contribution in [1.29, 1.82) is 0 Å². The van der Waals surface area contributed by atoms with E-state index >= 15 is 0 Å². The third kappa shape index (κ3) is 6.45. The maximum Gasteiger partial charge on any atom is 0.0165 e. The average Bonchev–Trinajstić information content (AvgIpc) is 3.32. The van der Waals surface area contributed by atoms with Crippen LogP contribution in [0.25, 0.3) is 0 Å². The fraction of sp³-hybridized carbons (Fsp3) is 0.263. The van der Waals surface area contributed by atoms with Crippen molar-refractivity contribution in [3.8, 4) is 0 Å². The van der Waals surface area contributed by atoms with Crippen molar-refractivity contribution in [3.63, 3.8) is 0 Å². The summed E-state index contributed by atoms with van der Waals surface area (Å²) >= 11 is 1.05. The van der Waals surface area contributed by atoms with Crippen molar-refractivity contribution in [2.45, 2.75) is 18.9 Å². The van der Waals surface area contributed by atoms with E-state index in [1.54, 1.807) is 5.38 Å². The fourth-order valence-corrected chi connectivity index (χ4v) is 5.18. The molecule has 142 valence electrons. The second-order valence-corrected chi connectivity index (χ2v) is 9.77. The molecule has 1 aromatic carbocycles. The standard InChI is InChI=1S/C19H22N4O2STe/c20-19-23-15(12-26-19)10-18(25)22-14-5-3-13(4-6-14)7-8-21-11-16(24)17-2-1-9-27-17/h1-6,9,12,16,21,24H,7-8,10-11H2,(H2,20,23)(H,22,25)/t16-/m0/s1. The molecule has 1 amide bonds. The van der Waals surface area contributed by atoms with Gasteiger partial charge in [-0.15, -0.1) is 11.3 Å². The van der Waals surface area contributed by atoms with Gasteiger partial charge in [-0.2, -0.15) is 0 Å². The summed E-state index contributed by atoms with van der Waals surface area (Å²) in [6.45, 7) is 1.39. The number of benzene rings is 1. The predicted octanol–water partition coefficient (Wildman–Crippen LogP) is 1.83. The molecule has 3 aromatic rings. The molecule has 6 nitrogen and oxygen atoms in total. The minimum atomic E-state index is -0.368. The van der Waals surface area contributed by atoms with E-state index in [0.29, 0.717) is 17.4 Å². The van der Waals surface area contributed by atoms with Crippen LogP contribution >= 0.6 is 11.3 Å². The molecular formula is C19H22N4O2STe. The monoisotopic (exact) mass is 500 g/mol. The van der Waals surface area contributed by atoms with Crippen molar-refractivity contribution in [1.82, 2.24) is 10.3 Å². The molecule has 0 spiro atoms. The summed E-state index contributed by atoms with van der Waals surface area (Å²) < 4.78 is 3.37. The molecule has 0 aliphatic heterocycles. The van der Waals surface area contributed by atoms with E-state index in [9.17, 15) is 9.90 Å². The molecule has 0 aliphatic carbocycles. The Hall–Kier alpha value is -1.69. The second kappa shape index (κ2) is 10.0. The number of nitrogens with two attached hydrogens (primary N) is 1. The summed E-state index contributed by atoms with van der Waals surface area (Å²) in [5.74, 6) is -0.109. The number of aliphatic hydroxyl groups excluding tert-OH is 1. The summed E-state index contributed by atoms with van der Waals surface area (Å²) in [6.07, 6.45) is 0.719. The van der Waals surface area contributed by atoms with Gasteiger partial charge in [0.05, 0.1) is 12.1 Å². The molecule has 8 heteroatoms. The van der Waals surface area contributed by atoms with Gasteiger partial charge in [0.2, 0.25) is 0 Å². The number of aliphatic hydroxyl groups is 1. The van der Waals surface area contributed by atoms with Gasteiger partial charge in [0.1, 0.15) is 0 Å². The molecular weight excluding hydrogens is 476 g/mol. The van der Waals surface area contributed by atoms with Crippen molar-refractivity contribution in [2.75, 3.05) is 24.1 Å². The molecule has 0 unspecified atom stereocenters. The van der Waals surface area contributed by atoms with Gasteiger partial charge < -0.3 is 5.73 Å². The van der Waals surface area contributed by atoms with E-state index in [2.05, 4.69) is 19.7 Å². The van der Waals surface area contributed by atoms with Crippen LogP contribution in [0.5, 0.6) is 0 Å². The zero-order chi connectivity index (χ0) is 19.1. The molecule has 5 N–H and O–H groups in total. The van der Waals surface area contributed by atoms with Gasteiger partial charge in [0.15, 0.2) is 5.13 Å². The smallest absolute Gasteiger partial charge is 0.0165 e. The van der Waals surface area contributed by atoms with Crippen LogP contribution in [0, 0.1) is 0 Å². The van der Waals surface area contributed by atoms with Gasteiger partial charge in [0, 0.05) is 5.38 Å². The SMILES string of the molecule is Nc1nc(CC(=O)Nc2ccc(CCNC[C@H](O)c3ccc[te]3)cc2)cs1. The van der Waals surface area contributed by atoms with Crippen molar-refractivity contribution in [2.24, 2.45) is 0 Å². The minimum Gasteiger partial charge on any atom is -0.106 e. The summed E-state index contributed by atoms with van der Waals surface area (Å²) in [5.41, 5.74) is 8.20. The van der Waals surface area contributed by atoms with E-state index in [4.69, 9.17) is 5.73 Å². The van der Waals surface area contributed by atoms with E-state index in [0.717, 1.165) is 18.7 Å². The predicted molar refractivity (Wildman–Crippen MR) is 110 cm³/mol. The Morgan fingerprint density at radius 2 is 2.11 bits per heavy atom. The molecule has 0 aliphatic rings. The van der Waals surface area contributed by atoms with E-state index in [1.807, 2.05) is 36.4 Å². The zero-order valence-corrected chi connectivity index (χ0v) is 17.9. The Morgan fingerprint density at radius 1 is 1.30 bits per heavy atom. The Bertz CT molecular complexity index is 849. The van der Waals surface area contributed by atoms with Crippen LogP contribution in [-0.2, 0) is 17.6 Å². The van der Waals surface area contributed by atoms with E-state index in [1.165, 1.54) is 20.5 Å². The number of hydrogen-bond acceptors (Lipinski definition) is 6. The number of nitrogens with zero attached hydrogens (tertiary/aromatic N) is 1. The number of nitrogen functional groups attached to an aromatic ring is 1. The van der Waals surface area contributed by atoms with Crippen LogP contribution in [-0.4, -0.2) is 49.5 Å². The number of amides is 1. The number of hydrogen-bond donors (Lipinski definition) is 4. The third-order valence-electron chi connectivity index (χ3n) is 3.95. The largest absolute Gasteiger partial charge is 0.106 e. The van der Waals surface area contributed by atoms with Gasteiger partial charge >= 0.3 is 123 Å². The summed E-state index contributed by atoms with van der Waals surface area (Å²) in [4.78, 5) is 16.1. The maximum atomic E-state index is 12.0. The summed E-state index contributed by atoms with van der Waals surface area (Å²) in [5, 5.41) is 18.5. The van der Waals surface area contributed by atoms with Crippen LogP contribution in [0.4, 0.5) is 10.8 Å². The van der Waals surface area contributed by atoms with Crippen molar-refractivity contribution in [3.05, 3.63) is 60.7 Å². The molecule has 0 saturated heterocycles. The number of rotatable bonds is 9. The average molecular weight is 498 g/mol. The molecule has 2 aromatic heterocycles. The molecule has 2 heterocycles. The van der Waals surface area contributed by atoms with Crippen LogP contribution in [0.1, 0.15) is 20.9 Å². The number of nitrogens with one attached hydrogen (secondary N) is 2. The normalized spacial score (nSPS) is 12.0. The quantitative estimate of drug-likeness (QED) is 0.267. The van der Waals surface area contributed by atoms with Gasteiger partial charge in [-0.1, -0.05) is 0 Å². The number of carbonyl (C=O) groups excluding carboxylic acids is 1. The minimum absolute atomic E-state index is 0.109. The number of aromatic nitrogens is 1. The number of thiazole rings is 1. The summed E-state index contributed by atoms with van der Waals surface area (Å²) in [7, 11) is 0. The van der Waals surface area contributed by atoms with E-state index < -0.39 is 0 Å². The molecule has 0 saturated carbocycles. The first kappa shape index (κ1) is 20.1. The first-order valence-electron chi connectivity index (χ1n) is 8.61. The van der Waals surface area contributed by atoms with E-state index in [-0.39, 0.29) is 38.9 Å². The van der Waals surface area contributed by atoms with Gasteiger partial charge in [-0.3, -0.25) is 4.79 Å². The molecule has 27 heavy (non-hydrogen) atoms. The topological polar surface area (TPSA) is 100 Å². The van der Waals surface area contributed by atoms with Crippen molar-refractivity contribution >= 4 is 48.5 Å². The van der Waals surface area contributed by atoms with Gasteiger partial charge in [0.25, 0.3) is 0 Å². The van der Waals surface area contributed by atoms with Crippen molar-refractivity contribution < 1.29 is 9.90 Å². The Kier molecular flexibility index (Phi) is 7.44. The van der Waals surface area contributed by atoms with Crippen LogP contribution in [0.2, 0.25) is 0 Å². The molecule has 0 radical (unpaired) electrons. The first-order chi connectivity index (χ1) is 13.1. The molecule has 3 rings (SSSR count).